The molecular weight excluding hydrogens is 186 g/mol. The van der Waals surface area contributed by atoms with Crippen LogP contribution >= 0.6 is 0 Å². The van der Waals surface area contributed by atoms with Crippen molar-refractivity contribution < 1.29 is 0 Å². The van der Waals surface area contributed by atoms with Gasteiger partial charge in [0.15, 0.2) is 0 Å². The highest BCUT2D eigenvalue weighted by atomic mass is 15.1. The number of aromatic nitrogens is 2. The van der Waals surface area contributed by atoms with Crippen LogP contribution in [0.1, 0.15) is 54.7 Å². The van der Waals surface area contributed by atoms with E-state index >= 15 is 0 Å². The Morgan fingerprint density at radius 1 is 1.40 bits per heavy atom. The number of hydrogen-bond acceptors (Lipinski definition) is 2. The Balaban J connectivity index is 2.06. The fourth-order valence-electron chi connectivity index (χ4n) is 2.87. The van der Waals surface area contributed by atoms with Gasteiger partial charge in [0.25, 0.3) is 0 Å². The molecule has 1 aliphatic heterocycles. The summed E-state index contributed by atoms with van der Waals surface area (Å²) in [6.07, 6.45) is 5.18. The van der Waals surface area contributed by atoms with Gasteiger partial charge >= 0.3 is 0 Å². The van der Waals surface area contributed by atoms with Crippen molar-refractivity contribution >= 4 is 0 Å². The normalized spacial score (nSPS) is 25.3. The molecule has 0 spiro atoms. The zero-order valence-electron chi connectivity index (χ0n) is 9.37. The van der Waals surface area contributed by atoms with Gasteiger partial charge in [0.2, 0.25) is 0 Å². The zero-order chi connectivity index (χ0) is 10.4. The molecule has 3 rings (SSSR count). The summed E-state index contributed by atoms with van der Waals surface area (Å²) in [7, 11) is 0. The van der Waals surface area contributed by atoms with E-state index in [0.717, 1.165) is 12.5 Å². The first-order valence-electron chi connectivity index (χ1n) is 6.08. The average Bonchev–Trinajstić information content (AvgIpc) is 3.04. The first kappa shape index (κ1) is 9.40. The van der Waals surface area contributed by atoms with E-state index in [9.17, 15) is 0 Å². The standard InChI is InChI=1S/C12H19N3/c1-8-11-10(7-13)3-2-6-15(11)12(14-8)9-4-5-9/h9-10H,2-7,13H2,1H3. The van der Waals surface area contributed by atoms with E-state index in [-0.39, 0.29) is 0 Å². The summed E-state index contributed by atoms with van der Waals surface area (Å²) in [6.45, 7) is 4.08. The third kappa shape index (κ3) is 1.41. The van der Waals surface area contributed by atoms with E-state index < -0.39 is 0 Å². The summed E-state index contributed by atoms with van der Waals surface area (Å²) < 4.78 is 2.47. The molecule has 2 N–H and O–H groups in total. The molecular formula is C12H19N3. The molecule has 0 saturated heterocycles. The molecule has 0 radical (unpaired) electrons. The van der Waals surface area contributed by atoms with E-state index in [1.807, 2.05) is 0 Å². The van der Waals surface area contributed by atoms with Crippen LogP contribution in [0.25, 0.3) is 0 Å². The maximum absolute atomic E-state index is 5.85. The topological polar surface area (TPSA) is 43.8 Å². The van der Waals surface area contributed by atoms with Gasteiger partial charge in [-0.05, 0) is 32.6 Å². The van der Waals surface area contributed by atoms with Gasteiger partial charge in [-0.15, -0.1) is 0 Å². The first-order valence-corrected chi connectivity index (χ1v) is 6.08. The van der Waals surface area contributed by atoms with E-state index in [0.29, 0.717) is 5.92 Å². The monoisotopic (exact) mass is 205 g/mol. The van der Waals surface area contributed by atoms with Crippen LogP contribution in [0.5, 0.6) is 0 Å². The quantitative estimate of drug-likeness (QED) is 0.801. The van der Waals surface area contributed by atoms with Gasteiger partial charge in [-0.3, -0.25) is 0 Å². The lowest BCUT2D eigenvalue weighted by Crippen LogP contribution is -2.23. The predicted octanol–water partition coefficient (Wildman–Crippen LogP) is 1.91. The van der Waals surface area contributed by atoms with Crippen LogP contribution in [-0.2, 0) is 6.54 Å². The molecule has 2 aliphatic rings. The molecule has 0 aromatic carbocycles. The molecule has 0 bridgehead atoms. The molecule has 0 amide bonds. The number of aryl methyl sites for hydroxylation is 1. The SMILES string of the molecule is Cc1nc(C2CC2)n2c1C(CN)CCC2. The number of hydrogen-bond donors (Lipinski definition) is 1. The Bertz CT molecular complexity index is 376. The van der Waals surface area contributed by atoms with Crippen molar-refractivity contribution in [2.45, 2.75) is 51.0 Å². The van der Waals surface area contributed by atoms with Crippen LogP contribution in [-0.4, -0.2) is 16.1 Å². The molecule has 15 heavy (non-hydrogen) atoms. The fraction of sp³-hybridized carbons (Fsp3) is 0.750. The number of nitrogens with zero attached hydrogens (tertiary/aromatic N) is 2. The van der Waals surface area contributed by atoms with Crippen LogP contribution in [0.4, 0.5) is 0 Å². The Labute approximate surface area is 90.7 Å². The predicted molar refractivity (Wildman–Crippen MR) is 60.0 cm³/mol. The van der Waals surface area contributed by atoms with Gasteiger partial charge in [0, 0.05) is 30.6 Å². The van der Waals surface area contributed by atoms with Crippen molar-refractivity contribution in [3.05, 3.63) is 17.2 Å². The Hall–Kier alpha value is -0.830. The Morgan fingerprint density at radius 3 is 2.87 bits per heavy atom. The highest BCUT2D eigenvalue weighted by molar-refractivity contribution is 5.25. The summed E-state index contributed by atoms with van der Waals surface area (Å²) in [5.41, 5.74) is 8.51. The van der Waals surface area contributed by atoms with Gasteiger partial charge in [-0.1, -0.05) is 0 Å². The lowest BCUT2D eigenvalue weighted by molar-refractivity contribution is 0.447. The molecule has 1 aromatic rings. The minimum Gasteiger partial charge on any atom is -0.331 e. The second kappa shape index (κ2) is 3.34. The third-order valence-electron chi connectivity index (χ3n) is 3.77. The minimum absolute atomic E-state index is 0.554. The second-order valence-corrected chi connectivity index (χ2v) is 4.94. The third-order valence-corrected chi connectivity index (χ3v) is 3.77. The second-order valence-electron chi connectivity index (χ2n) is 4.94. The Morgan fingerprint density at radius 2 is 2.20 bits per heavy atom. The van der Waals surface area contributed by atoms with Gasteiger partial charge in [-0.25, -0.2) is 4.98 Å². The number of rotatable bonds is 2. The van der Waals surface area contributed by atoms with Crippen molar-refractivity contribution in [2.24, 2.45) is 5.73 Å². The maximum Gasteiger partial charge on any atom is 0.112 e. The van der Waals surface area contributed by atoms with Crippen molar-refractivity contribution in [3.63, 3.8) is 0 Å². The van der Waals surface area contributed by atoms with Crippen LogP contribution in [0.3, 0.4) is 0 Å². The number of fused-ring (bicyclic) bond motifs is 1. The van der Waals surface area contributed by atoms with Crippen molar-refractivity contribution in [3.8, 4) is 0 Å². The van der Waals surface area contributed by atoms with Gasteiger partial charge < -0.3 is 10.3 Å². The van der Waals surface area contributed by atoms with Crippen LogP contribution in [0.2, 0.25) is 0 Å². The van der Waals surface area contributed by atoms with Crippen LogP contribution in [0, 0.1) is 6.92 Å². The zero-order valence-corrected chi connectivity index (χ0v) is 9.37. The Kier molecular flexibility index (Phi) is 2.09. The van der Waals surface area contributed by atoms with E-state index in [4.69, 9.17) is 10.7 Å². The van der Waals surface area contributed by atoms with E-state index in [1.165, 1.54) is 49.4 Å². The molecule has 3 heteroatoms. The largest absolute Gasteiger partial charge is 0.331 e. The van der Waals surface area contributed by atoms with Crippen LogP contribution in [0.15, 0.2) is 0 Å². The van der Waals surface area contributed by atoms with Crippen molar-refractivity contribution in [2.75, 3.05) is 6.54 Å². The van der Waals surface area contributed by atoms with Crippen LogP contribution < -0.4 is 5.73 Å². The average molecular weight is 205 g/mol. The molecule has 82 valence electrons. The molecule has 1 unspecified atom stereocenters. The molecule has 1 saturated carbocycles. The van der Waals surface area contributed by atoms with Gasteiger partial charge in [0.05, 0.1) is 5.69 Å². The molecule has 2 heterocycles. The fourth-order valence-corrected chi connectivity index (χ4v) is 2.87. The lowest BCUT2D eigenvalue weighted by atomic mass is 9.95. The summed E-state index contributed by atoms with van der Waals surface area (Å²) in [4.78, 5) is 4.76. The van der Waals surface area contributed by atoms with Gasteiger partial charge in [0.1, 0.15) is 5.82 Å². The molecule has 1 aliphatic carbocycles. The van der Waals surface area contributed by atoms with Gasteiger partial charge in [-0.2, -0.15) is 0 Å². The molecule has 3 nitrogen and oxygen atoms in total. The minimum atomic E-state index is 0.554. The molecule has 1 fully saturated rings. The highest BCUT2D eigenvalue weighted by Gasteiger charge is 2.33. The van der Waals surface area contributed by atoms with E-state index in [1.54, 1.807) is 0 Å². The smallest absolute Gasteiger partial charge is 0.112 e. The molecule has 1 aromatic heterocycles. The maximum atomic E-state index is 5.85. The summed E-state index contributed by atoms with van der Waals surface area (Å²) in [6, 6.07) is 0. The first-order chi connectivity index (χ1) is 7.31. The van der Waals surface area contributed by atoms with E-state index in [2.05, 4.69) is 11.5 Å². The van der Waals surface area contributed by atoms with Crippen molar-refractivity contribution in [1.29, 1.82) is 0 Å². The summed E-state index contributed by atoms with van der Waals surface area (Å²) in [5.74, 6) is 2.66. The van der Waals surface area contributed by atoms with Crippen molar-refractivity contribution in [1.82, 2.24) is 9.55 Å². The lowest BCUT2D eigenvalue weighted by Gasteiger charge is -2.24. The summed E-state index contributed by atoms with van der Waals surface area (Å²) in [5, 5.41) is 0. The number of imidazole rings is 1. The number of nitrogens with two attached hydrogens (primary N) is 1. The summed E-state index contributed by atoms with van der Waals surface area (Å²) >= 11 is 0. The molecule has 1 atom stereocenters. The highest BCUT2D eigenvalue weighted by Crippen LogP contribution is 2.42.